The van der Waals surface area contributed by atoms with Crippen molar-refractivity contribution >= 4 is 16.1 Å². The van der Waals surface area contributed by atoms with Crippen LogP contribution in [0.25, 0.3) is 0 Å². The second-order valence-corrected chi connectivity index (χ2v) is 3.91. The molecule has 0 unspecified atom stereocenters. The van der Waals surface area contributed by atoms with Crippen molar-refractivity contribution in [2.75, 3.05) is 25.6 Å². The van der Waals surface area contributed by atoms with Crippen LogP contribution in [0, 0.1) is 0 Å². The van der Waals surface area contributed by atoms with Gasteiger partial charge in [0.1, 0.15) is 12.4 Å². The molecule has 0 amide bonds. The summed E-state index contributed by atoms with van der Waals surface area (Å²) in [4.78, 5) is 4.18. The minimum absolute atomic E-state index is 0. The smallest absolute Gasteiger partial charge is 0.724 e. The quantitative estimate of drug-likeness (QED) is 0.148. The third-order valence-electron chi connectivity index (χ3n) is 1.74. The minimum Gasteiger partial charge on any atom is -0.724 e. The number of rotatable bonds is 7. The maximum atomic E-state index is 10.00. The second-order valence-electron chi connectivity index (χ2n) is 2.95. The third-order valence-corrected chi connectivity index (χ3v) is 2.00. The van der Waals surface area contributed by atoms with Crippen LogP contribution in [0.3, 0.4) is 0 Å². The Morgan fingerprint density at radius 1 is 1.28 bits per heavy atom. The Hall–Kier alpha value is -0.350. The van der Waals surface area contributed by atoms with Crippen molar-refractivity contribution in [3.63, 3.8) is 0 Å². The molecule has 9 heteroatoms. The molecule has 0 saturated carbocycles. The van der Waals surface area contributed by atoms with E-state index >= 15 is 0 Å². The first-order valence-electron chi connectivity index (χ1n) is 4.66. The van der Waals surface area contributed by atoms with Crippen LogP contribution in [0.2, 0.25) is 0 Å². The van der Waals surface area contributed by atoms with Crippen molar-refractivity contribution in [2.24, 2.45) is 0 Å². The zero-order chi connectivity index (χ0) is 12.7. The molecule has 0 aliphatic heterocycles. The monoisotopic (exact) mass is 285 g/mol. The van der Waals surface area contributed by atoms with Gasteiger partial charge in [0, 0.05) is 12.2 Å². The number of anilines is 1. The molecule has 7 nitrogen and oxygen atoms in total. The SMILES string of the molecule is COc1ccc(NCCOOS(=O)(=O)[O-])cc1.[Na+]. The molecular formula is C9H12NNaO6S. The molecule has 1 aromatic carbocycles. The second kappa shape index (κ2) is 8.70. The zero-order valence-electron chi connectivity index (χ0n) is 10.1. The molecule has 0 fully saturated rings. The predicted molar refractivity (Wildman–Crippen MR) is 58.2 cm³/mol. The normalized spacial score (nSPS) is 10.6. The van der Waals surface area contributed by atoms with Gasteiger partial charge in [-0.3, -0.25) is 0 Å². The molecule has 0 atom stereocenters. The molecule has 1 aromatic rings. The third kappa shape index (κ3) is 7.88. The van der Waals surface area contributed by atoms with E-state index < -0.39 is 10.4 Å². The largest absolute Gasteiger partial charge is 1.00 e. The number of ether oxygens (including phenoxy) is 1. The Kier molecular flexibility index (Phi) is 8.53. The average Bonchev–Trinajstić information content (AvgIpc) is 2.28. The summed E-state index contributed by atoms with van der Waals surface area (Å²) in [5, 5.41) is 2.92. The molecule has 0 radical (unpaired) electrons. The predicted octanol–water partition coefficient (Wildman–Crippen LogP) is -2.48. The fourth-order valence-corrected chi connectivity index (χ4v) is 1.22. The minimum atomic E-state index is -4.79. The van der Waals surface area contributed by atoms with Crippen LogP contribution >= 0.6 is 0 Å². The molecule has 0 spiro atoms. The molecule has 18 heavy (non-hydrogen) atoms. The molecule has 96 valence electrons. The number of benzene rings is 1. The first-order valence-corrected chi connectivity index (χ1v) is 5.99. The van der Waals surface area contributed by atoms with Crippen LogP contribution < -0.4 is 39.6 Å². The maximum Gasteiger partial charge on any atom is 1.00 e. The van der Waals surface area contributed by atoms with E-state index in [4.69, 9.17) is 4.74 Å². The van der Waals surface area contributed by atoms with Crippen LogP contribution in [0.1, 0.15) is 0 Å². The van der Waals surface area contributed by atoms with Crippen molar-refractivity contribution in [3.05, 3.63) is 24.3 Å². The van der Waals surface area contributed by atoms with Gasteiger partial charge in [-0.05, 0) is 24.3 Å². The van der Waals surface area contributed by atoms with Gasteiger partial charge in [-0.1, -0.05) is 0 Å². The molecule has 0 saturated heterocycles. The topological polar surface area (TPSA) is 96.9 Å². The van der Waals surface area contributed by atoms with Gasteiger partial charge in [-0.2, -0.15) is 0 Å². The Morgan fingerprint density at radius 3 is 2.39 bits per heavy atom. The molecule has 0 heterocycles. The Balaban J connectivity index is 0.00000289. The van der Waals surface area contributed by atoms with E-state index in [1.54, 1.807) is 31.4 Å². The number of nitrogens with one attached hydrogen (secondary N) is 1. The first kappa shape index (κ1) is 17.6. The van der Waals surface area contributed by atoms with Gasteiger partial charge in [-0.25, -0.2) is 13.3 Å². The van der Waals surface area contributed by atoms with Crippen molar-refractivity contribution in [2.45, 2.75) is 0 Å². The molecular weight excluding hydrogens is 273 g/mol. The van der Waals surface area contributed by atoms with E-state index in [-0.39, 0.29) is 36.2 Å². The van der Waals surface area contributed by atoms with Crippen molar-refractivity contribution in [1.82, 2.24) is 0 Å². The fourth-order valence-electron chi connectivity index (χ4n) is 1.04. The number of hydrogen-bond donors (Lipinski definition) is 1. The van der Waals surface area contributed by atoms with Gasteiger partial charge >= 0.3 is 29.6 Å². The Labute approximate surface area is 128 Å². The van der Waals surface area contributed by atoms with Gasteiger partial charge in [0.15, 0.2) is 0 Å². The molecule has 0 aromatic heterocycles. The Morgan fingerprint density at radius 2 is 1.89 bits per heavy atom. The van der Waals surface area contributed by atoms with E-state index in [1.807, 2.05) is 0 Å². The summed E-state index contributed by atoms with van der Waals surface area (Å²) in [7, 11) is -3.23. The van der Waals surface area contributed by atoms with Crippen LogP contribution in [-0.2, 0) is 19.6 Å². The Bertz CT molecular complexity index is 435. The summed E-state index contributed by atoms with van der Waals surface area (Å²) >= 11 is 0. The van der Waals surface area contributed by atoms with Crippen molar-refractivity contribution in [1.29, 1.82) is 0 Å². The molecule has 1 rings (SSSR count). The van der Waals surface area contributed by atoms with Gasteiger partial charge in [0.05, 0.1) is 7.11 Å². The molecule has 1 N–H and O–H groups in total. The van der Waals surface area contributed by atoms with E-state index in [1.165, 1.54) is 0 Å². The van der Waals surface area contributed by atoms with Gasteiger partial charge in [-0.15, -0.1) is 4.33 Å². The first-order chi connectivity index (χ1) is 8.01. The molecule has 0 aliphatic carbocycles. The molecule has 0 bridgehead atoms. The molecule has 0 aliphatic rings. The summed E-state index contributed by atoms with van der Waals surface area (Å²) in [6.07, 6.45) is 0. The van der Waals surface area contributed by atoms with E-state index in [2.05, 4.69) is 14.5 Å². The standard InChI is InChI=1S/C9H13NO6S.Na/c1-14-9-4-2-8(3-5-9)10-6-7-15-16-17(11,12)13;/h2-5,10H,6-7H2,1H3,(H,11,12,13);/q;+1/p-1. The van der Waals surface area contributed by atoms with Crippen LogP contribution in [0.4, 0.5) is 5.69 Å². The number of hydrogen-bond acceptors (Lipinski definition) is 7. The van der Waals surface area contributed by atoms with Crippen molar-refractivity contribution in [3.8, 4) is 5.75 Å². The van der Waals surface area contributed by atoms with E-state index in [0.29, 0.717) is 6.54 Å². The number of methoxy groups -OCH3 is 1. The van der Waals surface area contributed by atoms with Crippen LogP contribution in [-0.4, -0.2) is 33.2 Å². The fraction of sp³-hybridized carbons (Fsp3) is 0.333. The van der Waals surface area contributed by atoms with Crippen LogP contribution in [0.15, 0.2) is 24.3 Å². The van der Waals surface area contributed by atoms with Gasteiger partial charge in [0.2, 0.25) is 10.4 Å². The average molecular weight is 285 g/mol. The van der Waals surface area contributed by atoms with Gasteiger partial charge < -0.3 is 14.6 Å². The summed E-state index contributed by atoms with van der Waals surface area (Å²) in [5.41, 5.74) is 0.805. The maximum absolute atomic E-state index is 10.00. The van der Waals surface area contributed by atoms with E-state index in [9.17, 15) is 13.0 Å². The zero-order valence-corrected chi connectivity index (χ0v) is 12.9. The summed E-state index contributed by atoms with van der Waals surface area (Å²) in [6.45, 7) is 0.218. The summed E-state index contributed by atoms with van der Waals surface area (Å²) in [5.74, 6) is 0.729. The summed E-state index contributed by atoms with van der Waals surface area (Å²) in [6, 6.07) is 7.09. The summed E-state index contributed by atoms with van der Waals surface area (Å²) < 4.78 is 38.5. The van der Waals surface area contributed by atoms with Gasteiger partial charge in [0.25, 0.3) is 0 Å². The van der Waals surface area contributed by atoms with Crippen LogP contribution in [0.5, 0.6) is 5.75 Å². The van der Waals surface area contributed by atoms with Crippen molar-refractivity contribution < 1.29 is 56.5 Å². The van der Waals surface area contributed by atoms with E-state index in [0.717, 1.165) is 11.4 Å².